The first-order valence-corrected chi connectivity index (χ1v) is 6.13. The van der Waals surface area contributed by atoms with Crippen molar-refractivity contribution in [3.8, 4) is 0 Å². The molecule has 2 N–H and O–H groups in total. The minimum Gasteiger partial charge on any atom is -0.467 e. The number of urea groups is 1. The van der Waals surface area contributed by atoms with E-state index in [1.54, 1.807) is 32.9 Å². The van der Waals surface area contributed by atoms with Crippen molar-refractivity contribution < 1.29 is 18.7 Å². The molecule has 106 valence electrons. The van der Waals surface area contributed by atoms with Gasteiger partial charge in [-0.15, -0.1) is 0 Å². The third-order valence-electron chi connectivity index (χ3n) is 2.04. The molecule has 0 radical (unpaired) electrons. The van der Waals surface area contributed by atoms with Gasteiger partial charge in [0.2, 0.25) is 0 Å². The summed E-state index contributed by atoms with van der Waals surface area (Å²) in [7, 11) is 0. The fourth-order valence-electron chi connectivity index (χ4n) is 1.31. The maximum Gasteiger partial charge on any atom is 0.315 e. The van der Waals surface area contributed by atoms with Crippen LogP contribution in [0.1, 0.15) is 33.0 Å². The number of esters is 1. The van der Waals surface area contributed by atoms with Crippen molar-refractivity contribution in [2.24, 2.45) is 0 Å². The molecule has 0 aliphatic carbocycles. The Bertz CT molecular complexity index is 407. The first-order valence-electron chi connectivity index (χ1n) is 6.13. The van der Waals surface area contributed by atoms with Crippen LogP contribution in [0.15, 0.2) is 22.8 Å². The number of rotatable bonds is 5. The van der Waals surface area contributed by atoms with Gasteiger partial charge in [-0.3, -0.25) is 4.79 Å². The van der Waals surface area contributed by atoms with Gasteiger partial charge in [0.25, 0.3) is 0 Å². The summed E-state index contributed by atoms with van der Waals surface area (Å²) in [5.41, 5.74) is -0.501. The highest BCUT2D eigenvalue weighted by molar-refractivity contribution is 5.75. The normalized spacial score (nSPS) is 10.9. The molecule has 0 aliphatic rings. The predicted molar refractivity (Wildman–Crippen MR) is 69.4 cm³/mol. The number of hydrogen-bond acceptors (Lipinski definition) is 4. The van der Waals surface area contributed by atoms with E-state index in [0.29, 0.717) is 12.3 Å². The van der Waals surface area contributed by atoms with Crippen LogP contribution < -0.4 is 10.6 Å². The van der Waals surface area contributed by atoms with E-state index >= 15 is 0 Å². The van der Waals surface area contributed by atoms with Crippen molar-refractivity contribution in [1.82, 2.24) is 10.6 Å². The fraction of sp³-hybridized carbons (Fsp3) is 0.538. The molecule has 1 heterocycles. The van der Waals surface area contributed by atoms with E-state index in [0.717, 1.165) is 0 Å². The molecule has 0 unspecified atom stereocenters. The molecule has 0 aliphatic heterocycles. The van der Waals surface area contributed by atoms with Crippen molar-refractivity contribution in [3.63, 3.8) is 0 Å². The van der Waals surface area contributed by atoms with E-state index in [-0.39, 0.29) is 25.0 Å². The van der Waals surface area contributed by atoms with Crippen LogP contribution in [0, 0.1) is 0 Å². The quantitative estimate of drug-likeness (QED) is 0.798. The summed E-state index contributed by atoms with van der Waals surface area (Å²) in [5.74, 6) is 0.334. The van der Waals surface area contributed by atoms with Gasteiger partial charge in [0.15, 0.2) is 0 Å². The molecule has 2 amide bonds. The van der Waals surface area contributed by atoms with Gasteiger partial charge in [-0.05, 0) is 32.9 Å². The van der Waals surface area contributed by atoms with Gasteiger partial charge in [-0.1, -0.05) is 0 Å². The van der Waals surface area contributed by atoms with Crippen LogP contribution in [0.25, 0.3) is 0 Å². The van der Waals surface area contributed by atoms with Crippen molar-refractivity contribution in [3.05, 3.63) is 24.2 Å². The highest BCUT2D eigenvalue weighted by Gasteiger charge is 2.15. The molecular formula is C13H20N2O4. The van der Waals surface area contributed by atoms with E-state index in [4.69, 9.17) is 9.15 Å². The Balaban J connectivity index is 2.12. The molecule has 0 atom stereocenters. The van der Waals surface area contributed by atoms with Gasteiger partial charge in [0, 0.05) is 6.54 Å². The number of furan rings is 1. The van der Waals surface area contributed by atoms with Crippen LogP contribution in [-0.2, 0) is 16.1 Å². The summed E-state index contributed by atoms with van der Waals surface area (Å²) >= 11 is 0. The zero-order valence-corrected chi connectivity index (χ0v) is 11.5. The summed E-state index contributed by atoms with van der Waals surface area (Å²) in [6.45, 7) is 5.95. The minimum absolute atomic E-state index is 0.144. The largest absolute Gasteiger partial charge is 0.467 e. The molecule has 1 aromatic heterocycles. The van der Waals surface area contributed by atoms with Crippen molar-refractivity contribution >= 4 is 12.0 Å². The van der Waals surface area contributed by atoms with Gasteiger partial charge < -0.3 is 19.8 Å². The van der Waals surface area contributed by atoms with Gasteiger partial charge >= 0.3 is 12.0 Å². The summed E-state index contributed by atoms with van der Waals surface area (Å²) in [5, 5.41) is 5.18. The third-order valence-corrected chi connectivity index (χ3v) is 2.04. The molecular weight excluding hydrogens is 248 g/mol. The molecule has 0 aromatic carbocycles. The Morgan fingerprint density at radius 1 is 1.32 bits per heavy atom. The second kappa shape index (κ2) is 6.82. The van der Waals surface area contributed by atoms with Crippen LogP contribution in [0.2, 0.25) is 0 Å². The van der Waals surface area contributed by atoms with Crippen molar-refractivity contribution in [2.75, 3.05) is 6.54 Å². The second-order valence-corrected chi connectivity index (χ2v) is 5.03. The Kier molecular flexibility index (Phi) is 5.41. The van der Waals surface area contributed by atoms with Gasteiger partial charge in [-0.25, -0.2) is 4.79 Å². The van der Waals surface area contributed by atoms with E-state index in [1.165, 1.54) is 6.26 Å². The van der Waals surface area contributed by atoms with Crippen LogP contribution in [-0.4, -0.2) is 24.1 Å². The first kappa shape index (κ1) is 15.1. The Hall–Kier alpha value is -1.98. The van der Waals surface area contributed by atoms with Crippen LogP contribution >= 0.6 is 0 Å². The topological polar surface area (TPSA) is 80.6 Å². The lowest BCUT2D eigenvalue weighted by atomic mass is 10.2. The number of carbonyl (C=O) groups is 2. The number of hydrogen-bond donors (Lipinski definition) is 2. The van der Waals surface area contributed by atoms with Crippen LogP contribution in [0.3, 0.4) is 0 Å². The summed E-state index contributed by atoms with van der Waals surface area (Å²) < 4.78 is 10.2. The van der Waals surface area contributed by atoms with Crippen LogP contribution in [0.5, 0.6) is 0 Å². The lowest BCUT2D eigenvalue weighted by molar-refractivity contribution is -0.154. The molecule has 0 saturated carbocycles. The lowest BCUT2D eigenvalue weighted by Gasteiger charge is -2.19. The Morgan fingerprint density at radius 3 is 2.63 bits per heavy atom. The molecule has 0 spiro atoms. The number of carbonyl (C=O) groups excluding carboxylic acids is 2. The van der Waals surface area contributed by atoms with E-state index in [1.807, 2.05) is 0 Å². The second-order valence-electron chi connectivity index (χ2n) is 5.03. The maximum absolute atomic E-state index is 11.4. The highest BCUT2D eigenvalue weighted by atomic mass is 16.6. The van der Waals surface area contributed by atoms with Gasteiger partial charge in [0.1, 0.15) is 11.4 Å². The molecule has 19 heavy (non-hydrogen) atoms. The fourth-order valence-corrected chi connectivity index (χ4v) is 1.31. The highest BCUT2D eigenvalue weighted by Crippen LogP contribution is 2.07. The molecule has 0 bridgehead atoms. The Morgan fingerprint density at radius 2 is 2.05 bits per heavy atom. The molecule has 1 rings (SSSR count). The summed E-state index contributed by atoms with van der Waals surface area (Å²) in [6.07, 6.45) is 1.68. The average Bonchev–Trinajstić information content (AvgIpc) is 2.76. The molecule has 6 nitrogen and oxygen atoms in total. The smallest absolute Gasteiger partial charge is 0.315 e. The summed E-state index contributed by atoms with van der Waals surface area (Å²) in [6, 6.07) is 3.17. The van der Waals surface area contributed by atoms with Gasteiger partial charge in [0.05, 0.1) is 19.2 Å². The number of ether oxygens (including phenoxy) is 1. The standard InChI is InChI=1S/C13H20N2O4/c1-13(2,3)19-11(16)6-7-14-12(17)15-9-10-5-4-8-18-10/h4-5,8H,6-7,9H2,1-3H3,(H2,14,15,17). The van der Waals surface area contributed by atoms with E-state index in [9.17, 15) is 9.59 Å². The molecule has 0 fully saturated rings. The number of amides is 2. The van der Waals surface area contributed by atoms with E-state index in [2.05, 4.69) is 10.6 Å². The third kappa shape index (κ3) is 7.13. The van der Waals surface area contributed by atoms with Crippen molar-refractivity contribution in [1.29, 1.82) is 0 Å². The zero-order valence-electron chi connectivity index (χ0n) is 11.5. The predicted octanol–water partition coefficient (Wildman–Crippen LogP) is 1.81. The SMILES string of the molecule is CC(C)(C)OC(=O)CCNC(=O)NCc1ccco1. The lowest BCUT2D eigenvalue weighted by Crippen LogP contribution is -2.36. The number of nitrogens with one attached hydrogen (secondary N) is 2. The molecule has 6 heteroatoms. The van der Waals surface area contributed by atoms with E-state index < -0.39 is 5.60 Å². The summed E-state index contributed by atoms with van der Waals surface area (Å²) in [4.78, 5) is 22.8. The van der Waals surface area contributed by atoms with Gasteiger partial charge in [-0.2, -0.15) is 0 Å². The van der Waals surface area contributed by atoms with Crippen molar-refractivity contribution in [2.45, 2.75) is 39.3 Å². The molecule has 1 aromatic rings. The van der Waals surface area contributed by atoms with Crippen LogP contribution in [0.4, 0.5) is 4.79 Å². The molecule has 0 saturated heterocycles. The maximum atomic E-state index is 11.4. The monoisotopic (exact) mass is 268 g/mol. The average molecular weight is 268 g/mol. The minimum atomic E-state index is -0.501. The first-order chi connectivity index (χ1) is 8.87. The Labute approximate surface area is 112 Å². The zero-order chi connectivity index (χ0) is 14.3.